The van der Waals surface area contributed by atoms with Crippen LogP contribution in [-0.2, 0) is 0 Å². The van der Waals surface area contributed by atoms with Crippen molar-refractivity contribution in [2.75, 3.05) is 19.6 Å². The lowest BCUT2D eigenvalue weighted by molar-refractivity contribution is 0.289. The zero-order valence-electron chi connectivity index (χ0n) is 11.3. The predicted octanol–water partition coefficient (Wildman–Crippen LogP) is 4.26. The molecule has 0 spiro atoms. The highest BCUT2D eigenvalue weighted by Crippen LogP contribution is 2.26. The molecule has 1 saturated heterocycles. The molecule has 1 aromatic heterocycles. The van der Waals surface area contributed by atoms with E-state index in [4.69, 9.17) is 12.2 Å². The van der Waals surface area contributed by atoms with Gasteiger partial charge in [-0.25, -0.2) is 4.39 Å². The lowest BCUT2D eigenvalue weighted by atomic mass is 10.2. The molecule has 1 aromatic carbocycles. The maximum absolute atomic E-state index is 13.6. The number of aromatic nitrogens is 2. The molecule has 6 heteroatoms. The number of nitrogens with one attached hydrogen (secondary N) is 1. The second-order valence-electron chi connectivity index (χ2n) is 5.44. The van der Waals surface area contributed by atoms with Crippen LogP contribution < -0.4 is 0 Å². The summed E-state index contributed by atoms with van der Waals surface area (Å²) in [7, 11) is 0. The quantitative estimate of drug-likeness (QED) is 0.829. The highest BCUT2D eigenvalue weighted by molar-refractivity contribution is 9.10. The van der Waals surface area contributed by atoms with Crippen molar-refractivity contribution in [3.63, 3.8) is 0 Å². The van der Waals surface area contributed by atoms with E-state index in [2.05, 4.69) is 37.3 Å². The van der Waals surface area contributed by atoms with Crippen molar-refractivity contribution in [1.82, 2.24) is 14.5 Å². The van der Waals surface area contributed by atoms with Crippen LogP contribution in [0.5, 0.6) is 0 Å². The van der Waals surface area contributed by atoms with Crippen molar-refractivity contribution >= 4 is 39.2 Å². The monoisotopic (exact) mass is 357 g/mol. The highest BCUT2D eigenvalue weighted by Gasteiger charge is 2.18. The van der Waals surface area contributed by atoms with Gasteiger partial charge in [-0.15, -0.1) is 0 Å². The van der Waals surface area contributed by atoms with E-state index >= 15 is 0 Å². The molecule has 1 N–H and O–H groups in total. The average molecular weight is 358 g/mol. The Hall–Kier alpha value is -0.720. The first kappa shape index (κ1) is 14.2. The predicted molar refractivity (Wildman–Crippen MR) is 85.2 cm³/mol. The Kier molecular flexibility index (Phi) is 3.97. The first-order chi connectivity index (χ1) is 9.56. The van der Waals surface area contributed by atoms with Gasteiger partial charge >= 0.3 is 0 Å². The van der Waals surface area contributed by atoms with Crippen molar-refractivity contribution in [1.29, 1.82) is 0 Å². The lowest BCUT2D eigenvalue weighted by Gasteiger charge is -2.22. The summed E-state index contributed by atoms with van der Waals surface area (Å²) in [5.74, 6) is -0.270. The molecule has 0 saturated carbocycles. The summed E-state index contributed by atoms with van der Waals surface area (Å²) in [6, 6.07) is 3.57. The molecule has 0 amide bonds. The van der Waals surface area contributed by atoms with Crippen LogP contribution in [0.2, 0.25) is 0 Å². The molecule has 20 heavy (non-hydrogen) atoms. The zero-order valence-corrected chi connectivity index (χ0v) is 13.7. The summed E-state index contributed by atoms with van der Waals surface area (Å²) in [5.41, 5.74) is 1.71. The highest BCUT2D eigenvalue weighted by atomic mass is 79.9. The van der Waals surface area contributed by atoms with Crippen molar-refractivity contribution in [3.05, 3.63) is 27.2 Å². The third-order valence-corrected chi connectivity index (χ3v) is 4.83. The van der Waals surface area contributed by atoms with E-state index in [0.717, 1.165) is 17.6 Å². The van der Waals surface area contributed by atoms with Crippen LogP contribution in [0.1, 0.15) is 25.8 Å². The second kappa shape index (κ2) is 5.58. The van der Waals surface area contributed by atoms with Crippen molar-refractivity contribution in [2.24, 2.45) is 0 Å². The minimum atomic E-state index is -0.270. The van der Waals surface area contributed by atoms with E-state index in [-0.39, 0.29) is 11.9 Å². The normalized spacial score (nSPS) is 17.9. The van der Waals surface area contributed by atoms with Gasteiger partial charge in [-0.1, -0.05) is 0 Å². The molecule has 2 aromatic rings. The summed E-state index contributed by atoms with van der Waals surface area (Å²) in [4.78, 5) is 5.56. The van der Waals surface area contributed by atoms with E-state index in [0.29, 0.717) is 9.24 Å². The number of imidazole rings is 1. The number of halogens is 2. The van der Waals surface area contributed by atoms with Crippen molar-refractivity contribution in [3.8, 4) is 0 Å². The molecule has 3 nitrogen and oxygen atoms in total. The van der Waals surface area contributed by atoms with Gasteiger partial charge in [-0.05, 0) is 67.1 Å². The summed E-state index contributed by atoms with van der Waals surface area (Å²) >= 11 is 8.66. The van der Waals surface area contributed by atoms with Crippen LogP contribution in [0.3, 0.4) is 0 Å². The van der Waals surface area contributed by atoms with Crippen LogP contribution in [-0.4, -0.2) is 34.1 Å². The molecule has 0 radical (unpaired) electrons. The van der Waals surface area contributed by atoms with Crippen LogP contribution in [0.25, 0.3) is 11.0 Å². The lowest BCUT2D eigenvalue weighted by Crippen LogP contribution is -2.27. The molecule has 1 aliphatic heterocycles. The Morgan fingerprint density at radius 1 is 1.40 bits per heavy atom. The summed E-state index contributed by atoms with van der Waals surface area (Å²) in [5, 5.41) is 0. The van der Waals surface area contributed by atoms with Crippen LogP contribution in [0.4, 0.5) is 4.39 Å². The maximum Gasteiger partial charge on any atom is 0.178 e. The Labute approximate surface area is 130 Å². The van der Waals surface area contributed by atoms with Crippen LogP contribution in [0.15, 0.2) is 16.6 Å². The fourth-order valence-electron chi connectivity index (χ4n) is 2.98. The van der Waals surface area contributed by atoms with Gasteiger partial charge in [0.25, 0.3) is 0 Å². The number of hydrogen-bond donors (Lipinski definition) is 1. The van der Waals surface area contributed by atoms with E-state index in [1.165, 1.54) is 32.0 Å². The van der Waals surface area contributed by atoms with Gasteiger partial charge < -0.3 is 14.5 Å². The molecule has 1 fully saturated rings. The zero-order chi connectivity index (χ0) is 14.3. The summed E-state index contributed by atoms with van der Waals surface area (Å²) in [6.07, 6.45) is 2.56. The number of likely N-dealkylation sites (tertiary alicyclic amines) is 1. The average Bonchev–Trinajstić information content (AvgIpc) is 2.97. The maximum atomic E-state index is 13.6. The van der Waals surface area contributed by atoms with Crippen molar-refractivity contribution < 1.29 is 4.39 Å². The van der Waals surface area contributed by atoms with Gasteiger partial charge in [0.1, 0.15) is 5.82 Å². The topological polar surface area (TPSA) is 24.0 Å². The Morgan fingerprint density at radius 2 is 2.10 bits per heavy atom. The SMILES string of the molecule is CC(CN1CCCC1)n1c(=S)[nH]c2cc(F)c(Br)cc21. The van der Waals surface area contributed by atoms with E-state index in [9.17, 15) is 4.39 Å². The van der Waals surface area contributed by atoms with Gasteiger partial charge in [0.15, 0.2) is 4.77 Å². The summed E-state index contributed by atoms with van der Waals surface area (Å²) in [6.45, 7) is 5.48. The molecular weight excluding hydrogens is 341 g/mol. The van der Waals surface area contributed by atoms with Gasteiger partial charge in [0, 0.05) is 18.7 Å². The number of nitrogens with zero attached hydrogens (tertiary/aromatic N) is 2. The van der Waals surface area contributed by atoms with Crippen LogP contribution in [0, 0.1) is 10.6 Å². The third-order valence-electron chi connectivity index (χ3n) is 3.92. The molecular formula is C14H17BrFN3S. The first-order valence-electron chi connectivity index (χ1n) is 6.88. The fraction of sp³-hybridized carbons (Fsp3) is 0.500. The third kappa shape index (κ3) is 2.56. The van der Waals surface area contributed by atoms with Gasteiger partial charge in [0.05, 0.1) is 15.5 Å². The Bertz CT molecular complexity index is 688. The largest absolute Gasteiger partial charge is 0.330 e. The number of hydrogen-bond acceptors (Lipinski definition) is 2. The molecule has 108 valence electrons. The molecule has 0 aliphatic carbocycles. The number of benzene rings is 1. The van der Waals surface area contributed by atoms with E-state index < -0.39 is 0 Å². The molecule has 1 atom stereocenters. The number of rotatable bonds is 3. The van der Waals surface area contributed by atoms with E-state index in [1.807, 2.05) is 0 Å². The van der Waals surface area contributed by atoms with Crippen molar-refractivity contribution in [2.45, 2.75) is 25.8 Å². The molecule has 3 rings (SSSR count). The summed E-state index contributed by atoms with van der Waals surface area (Å²) < 4.78 is 16.8. The fourth-order valence-corrected chi connectivity index (χ4v) is 3.70. The number of fused-ring (bicyclic) bond motifs is 1. The first-order valence-corrected chi connectivity index (χ1v) is 8.08. The molecule has 0 bridgehead atoms. The minimum absolute atomic E-state index is 0.270. The van der Waals surface area contributed by atoms with Gasteiger partial charge in [-0.3, -0.25) is 0 Å². The standard InChI is InChI=1S/C14H17BrFN3S/c1-9(8-18-4-2-3-5-18)19-13-6-10(15)11(16)7-12(13)17-14(19)20/h6-7,9H,2-5,8H2,1H3,(H,17,20). The Morgan fingerprint density at radius 3 is 2.80 bits per heavy atom. The molecule has 1 unspecified atom stereocenters. The Balaban J connectivity index is 1.99. The van der Waals surface area contributed by atoms with Gasteiger partial charge in [-0.2, -0.15) is 0 Å². The van der Waals surface area contributed by atoms with Gasteiger partial charge in [0.2, 0.25) is 0 Å². The second-order valence-corrected chi connectivity index (χ2v) is 6.68. The number of H-pyrrole nitrogens is 1. The number of aromatic amines is 1. The van der Waals surface area contributed by atoms with E-state index in [1.54, 1.807) is 6.07 Å². The minimum Gasteiger partial charge on any atom is -0.330 e. The van der Waals surface area contributed by atoms with Crippen LogP contribution >= 0.6 is 28.1 Å². The smallest absolute Gasteiger partial charge is 0.178 e. The molecule has 1 aliphatic rings. The molecule has 2 heterocycles.